The van der Waals surface area contributed by atoms with Gasteiger partial charge in [0, 0.05) is 18.3 Å². The second-order valence-corrected chi connectivity index (χ2v) is 5.99. The molecule has 4 aromatic rings. The molecule has 0 unspecified atom stereocenters. The van der Waals surface area contributed by atoms with E-state index in [0.717, 1.165) is 39.9 Å². The molecule has 136 valence electrons. The molecule has 0 spiro atoms. The van der Waals surface area contributed by atoms with Crippen LogP contribution in [-0.2, 0) is 12.7 Å². The summed E-state index contributed by atoms with van der Waals surface area (Å²) in [7, 11) is 0. The lowest BCUT2D eigenvalue weighted by Gasteiger charge is -2.09. The first-order chi connectivity index (χ1) is 13.0. The van der Waals surface area contributed by atoms with Gasteiger partial charge in [0.1, 0.15) is 5.82 Å². The van der Waals surface area contributed by atoms with Gasteiger partial charge < -0.3 is 5.32 Å². The third-order valence-electron chi connectivity index (χ3n) is 4.13. The van der Waals surface area contributed by atoms with Crippen molar-refractivity contribution in [1.82, 2.24) is 20.2 Å². The molecule has 27 heavy (non-hydrogen) atoms. The summed E-state index contributed by atoms with van der Waals surface area (Å²) in [6.45, 7) is 0.353. The Labute approximate surface area is 152 Å². The van der Waals surface area contributed by atoms with Crippen LogP contribution in [0.5, 0.6) is 0 Å². The van der Waals surface area contributed by atoms with Gasteiger partial charge in [-0.25, -0.2) is 4.98 Å². The number of nitrogens with one attached hydrogen (secondary N) is 2. The fraction of sp³-hybridized carbons (Fsp3) is 0.105. The number of nitrogens with zero attached hydrogens (tertiary/aromatic N) is 3. The van der Waals surface area contributed by atoms with Crippen molar-refractivity contribution in [2.45, 2.75) is 12.7 Å². The molecule has 0 saturated heterocycles. The number of hydrogen-bond donors (Lipinski definition) is 2. The summed E-state index contributed by atoms with van der Waals surface area (Å²) < 4.78 is 37.8. The summed E-state index contributed by atoms with van der Waals surface area (Å²) in [6.07, 6.45) is 0.805. The summed E-state index contributed by atoms with van der Waals surface area (Å²) in [4.78, 5) is 8.90. The molecule has 0 saturated carbocycles. The fourth-order valence-corrected chi connectivity index (χ4v) is 2.69. The molecule has 0 atom stereocenters. The molecule has 0 aliphatic rings. The predicted octanol–water partition coefficient (Wildman–Crippen LogP) is 4.65. The molecule has 2 aromatic heterocycles. The van der Waals surface area contributed by atoms with Gasteiger partial charge in [0.2, 0.25) is 0 Å². The largest absolute Gasteiger partial charge is 0.416 e. The lowest BCUT2D eigenvalue weighted by molar-refractivity contribution is -0.137. The van der Waals surface area contributed by atoms with Crippen LogP contribution in [0.4, 0.5) is 19.0 Å². The number of fused-ring (bicyclic) bond motifs is 1. The first-order valence-corrected chi connectivity index (χ1v) is 8.15. The molecular weight excluding hydrogens is 355 g/mol. The Morgan fingerprint density at radius 1 is 0.926 bits per heavy atom. The average molecular weight is 369 g/mol. The average Bonchev–Trinajstić information content (AvgIpc) is 3.20. The van der Waals surface area contributed by atoms with E-state index in [2.05, 4.69) is 25.5 Å². The van der Waals surface area contributed by atoms with Gasteiger partial charge in [-0.3, -0.25) is 10.1 Å². The monoisotopic (exact) mass is 369 g/mol. The number of anilines is 1. The van der Waals surface area contributed by atoms with Crippen LogP contribution in [0.3, 0.4) is 0 Å². The van der Waals surface area contributed by atoms with Crippen molar-refractivity contribution in [3.8, 4) is 11.1 Å². The summed E-state index contributed by atoms with van der Waals surface area (Å²) in [5.74, 6) is 0.554. The minimum atomic E-state index is -4.33. The predicted molar refractivity (Wildman–Crippen MR) is 95.9 cm³/mol. The van der Waals surface area contributed by atoms with Crippen LogP contribution in [0, 0.1) is 0 Å². The van der Waals surface area contributed by atoms with E-state index in [0.29, 0.717) is 12.4 Å². The van der Waals surface area contributed by atoms with Gasteiger partial charge in [-0.2, -0.15) is 18.3 Å². The minimum absolute atomic E-state index is 0.353. The third kappa shape index (κ3) is 3.74. The molecule has 0 amide bonds. The first kappa shape index (κ1) is 17.0. The van der Waals surface area contributed by atoms with Crippen molar-refractivity contribution in [3.05, 3.63) is 72.2 Å². The first-order valence-electron chi connectivity index (χ1n) is 8.15. The zero-order chi connectivity index (χ0) is 18.9. The molecule has 2 heterocycles. The maximum absolute atomic E-state index is 12.6. The molecule has 0 aliphatic heterocycles. The maximum atomic E-state index is 12.6. The SMILES string of the molecule is FC(F)(F)c1ccc(CNc2cnc3cc(-c4cn[nH]c4)ccc3n2)cc1. The number of alkyl halides is 3. The van der Waals surface area contributed by atoms with Crippen molar-refractivity contribution in [3.63, 3.8) is 0 Å². The fourth-order valence-electron chi connectivity index (χ4n) is 2.69. The Morgan fingerprint density at radius 2 is 1.74 bits per heavy atom. The minimum Gasteiger partial charge on any atom is -0.365 e. The summed E-state index contributed by atoms with van der Waals surface area (Å²) >= 11 is 0. The van der Waals surface area contributed by atoms with E-state index in [9.17, 15) is 13.2 Å². The van der Waals surface area contributed by atoms with Gasteiger partial charge in [-0.1, -0.05) is 18.2 Å². The van der Waals surface area contributed by atoms with Crippen molar-refractivity contribution in [2.75, 3.05) is 5.32 Å². The number of benzene rings is 2. The third-order valence-corrected chi connectivity index (χ3v) is 4.13. The van der Waals surface area contributed by atoms with Gasteiger partial charge in [0.05, 0.1) is 29.0 Å². The smallest absolute Gasteiger partial charge is 0.365 e. The molecule has 8 heteroatoms. The summed E-state index contributed by atoms with van der Waals surface area (Å²) in [5, 5.41) is 9.79. The zero-order valence-corrected chi connectivity index (χ0v) is 14.0. The Balaban J connectivity index is 1.48. The van der Waals surface area contributed by atoms with Crippen LogP contribution in [0.1, 0.15) is 11.1 Å². The normalized spacial score (nSPS) is 11.7. The molecule has 2 aromatic carbocycles. The molecule has 0 radical (unpaired) electrons. The van der Waals surface area contributed by atoms with Gasteiger partial charge in [0.25, 0.3) is 0 Å². The van der Waals surface area contributed by atoms with Crippen molar-refractivity contribution in [1.29, 1.82) is 0 Å². The number of H-pyrrole nitrogens is 1. The summed E-state index contributed by atoms with van der Waals surface area (Å²) in [6, 6.07) is 10.8. The van der Waals surface area contributed by atoms with Crippen LogP contribution in [-0.4, -0.2) is 20.2 Å². The van der Waals surface area contributed by atoms with Gasteiger partial charge in [-0.15, -0.1) is 0 Å². The van der Waals surface area contributed by atoms with Crippen LogP contribution in [0.25, 0.3) is 22.2 Å². The zero-order valence-electron chi connectivity index (χ0n) is 14.0. The highest BCUT2D eigenvalue weighted by atomic mass is 19.4. The molecule has 5 nitrogen and oxygen atoms in total. The van der Waals surface area contributed by atoms with E-state index in [-0.39, 0.29) is 0 Å². The highest BCUT2D eigenvalue weighted by Crippen LogP contribution is 2.29. The molecular formula is C19H14F3N5. The second kappa shape index (κ2) is 6.71. The summed E-state index contributed by atoms with van der Waals surface area (Å²) in [5.41, 5.74) is 3.47. The number of halogens is 3. The highest BCUT2D eigenvalue weighted by Gasteiger charge is 2.29. The standard InChI is InChI=1S/C19H14F3N5/c20-19(21,22)15-4-1-12(2-5-15)8-24-18-11-23-17-7-13(3-6-16(17)27-18)14-9-25-26-10-14/h1-7,9-11H,8H2,(H,24,27)(H,25,26). The van der Waals surface area contributed by atoms with Crippen molar-refractivity contribution in [2.24, 2.45) is 0 Å². The number of hydrogen-bond acceptors (Lipinski definition) is 4. The van der Waals surface area contributed by atoms with E-state index in [1.807, 2.05) is 18.2 Å². The van der Waals surface area contributed by atoms with E-state index < -0.39 is 11.7 Å². The van der Waals surface area contributed by atoms with E-state index >= 15 is 0 Å². The van der Waals surface area contributed by atoms with Crippen LogP contribution >= 0.6 is 0 Å². The highest BCUT2D eigenvalue weighted by molar-refractivity contribution is 5.81. The van der Waals surface area contributed by atoms with E-state index in [4.69, 9.17) is 0 Å². The Morgan fingerprint density at radius 3 is 2.44 bits per heavy atom. The van der Waals surface area contributed by atoms with Gasteiger partial charge in [-0.05, 0) is 35.4 Å². The molecule has 2 N–H and O–H groups in total. The Kier molecular flexibility index (Phi) is 4.23. The quantitative estimate of drug-likeness (QED) is 0.549. The second-order valence-electron chi connectivity index (χ2n) is 5.99. The van der Waals surface area contributed by atoms with Crippen LogP contribution in [0.15, 0.2) is 61.1 Å². The number of rotatable bonds is 4. The van der Waals surface area contributed by atoms with Gasteiger partial charge >= 0.3 is 6.18 Å². The topological polar surface area (TPSA) is 66.5 Å². The molecule has 0 fully saturated rings. The molecule has 4 rings (SSSR count). The van der Waals surface area contributed by atoms with E-state index in [1.165, 1.54) is 12.1 Å². The Hall–Kier alpha value is -3.42. The van der Waals surface area contributed by atoms with E-state index in [1.54, 1.807) is 18.6 Å². The maximum Gasteiger partial charge on any atom is 0.416 e. The molecule has 0 bridgehead atoms. The van der Waals surface area contributed by atoms with Crippen LogP contribution in [0.2, 0.25) is 0 Å². The number of aromatic amines is 1. The lowest BCUT2D eigenvalue weighted by atomic mass is 10.1. The molecule has 0 aliphatic carbocycles. The van der Waals surface area contributed by atoms with Crippen LogP contribution < -0.4 is 5.32 Å². The van der Waals surface area contributed by atoms with Crippen molar-refractivity contribution >= 4 is 16.9 Å². The lowest BCUT2D eigenvalue weighted by Crippen LogP contribution is -2.06. The van der Waals surface area contributed by atoms with Crippen molar-refractivity contribution < 1.29 is 13.2 Å². The Bertz CT molecular complexity index is 1060. The number of aromatic nitrogens is 4. The van der Waals surface area contributed by atoms with Gasteiger partial charge in [0.15, 0.2) is 0 Å².